The third kappa shape index (κ3) is 7.97. The molecule has 1 aliphatic heterocycles. The summed E-state index contributed by atoms with van der Waals surface area (Å²) in [6.07, 6.45) is -1.94. The average molecular weight is 331 g/mol. The van der Waals surface area contributed by atoms with Crippen molar-refractivity contribution in [1.29, 1.82) is 0 Å². The van der Waals surface area contributed by atoms with Crippen LogP contribution in [-0.2, 0) is 18.8 Å². The lowest BCUT2D eigenvalue weighted by Gasteiger charge is -2.18. The summed E-state index contributed by atoms with van der Waals surface area (Å²) in [6, 6.07) is 0. The van der Waals surface area contributed by atoms with Gasteiger partial charge in [-0.25, -0.2) is 9.36 Å². The highest BCUT2D eigenvalue weighted by Gasteiger charge is 2.40. The van der Waals surface area contributed by atoms with Gasteiger partial charge in [-0.2, -0.15) is 0 Å². The Morgan fingerprint density at radius 1 is 1.38 bits per heavy atom. The summed E-state index contributed by atoms with van der Waals surface area (Å²) >= 11 is 0. The van der Waals surface area contributed by atoms with E-state index in [1.165, 1.54) is 0 Å². The Morgan fingerprint density at radius 2 is 1.90 bits per heavy atom. The third-order valence-corrected chi connectivity index (χ3v) is 2.06. The van der Waals surface area contributed by atoms with Crippen LogP contribution < -0.4 is 5.73 Å². The summed E-state index contributed by atoms with van der Waals surface area (Å²) in [7, 11) is -4.64. The van der Waals surface area contributed by atoms with Crippen LogP contribution in [-0.4, -0.2) is 67.9 Å². The van der Waals surface area contributed by atoms with Crippen molar-refractivity contribution in [2.45, 2.75) is 18.6 Å². The Hall–Kier alpha value is -1.20. The molecule has 11 nitrogen and oxygen atoms in total. The summed E-state index contributed by atoms with van der Waals surface area (Å²) < 4.78 is 18.6. The molecule has 0 radical (unpaired) electrons. The zero-order chi connectivity index (χ0) is 16.6. The SMILES string of the molecule is NCCCOC1=C(O)C(=O)O[C@@H]1[C@@H](O)CO.O=P(O)(O)O. The van der Waals surface area contributed by atoms with Crippen LogP contribution in [0.25, 0.3) is 0 Å². The Morgan fingerprint density at radius 3 is 2.33 bits per heavy atom. The first kappa shape index (κ1) is 19.8. The minimum absolute atomic E-state index is 0.153. The number of rotatable bonds is 6. The average Bonchev–Trinajstić information content (AvgIpc) is 2.64. The molecule has 0 aromatic rings. The van der Waals surface area contributed by atoms with Gasteiger partial charge in [-0.05, 0) is 13.0 Å². The monoisotopic (exact) mass is 331 g/mol. The van der Waals surface area contributed by atoms with Gasteiger partial charge in [0.1, 0.15) is 6.10 Å². The van der Waals surface area contributed by atoms with Crippen molar-refractivity contribution in [1.82, 2.24) is 0 Å². The van der Waals surface area contributed by atoms with Crippen LogP contribution in [0.2, 0.25) is 0 Å². The molecule has 0 unspecified atom stereocenters. The molecule has 2 atom stereocenters. The van der Waals surface area contributed by atoms with Crippen LogP contribution >= 0.6 is 7.82 Å². The minimum Gasteiger partial charge on any atom is -0.499 e. The van der Waals surface area contributed by atoms with Gasteiger partial charge in [-0.3, -0.25) is 0 Å². The molecular weight excluding hydrogens is 313 g/mol. The molecule has 8 N–H and O–H groups in total. The van der Waals surface area contributed by atoms with Gasteiger partial charge in [-0.15, -0.1) is 0 Å². The number of hydrogen-bond donors (Lipinski definition) is 7. The number of hydrogen-bond acceptors (Lipinski definition) is 8. The predicted molar refractivity (Wildman–Crippen MR) is 66.5 cm³/mol. The lowest BCUT2D eigenvalue weighted by atomic mass is 10.2. The van der Waals surface area contributed by atoms with Crippen molar-refractivity contribution >= 4 is 13.8 Å². The normalized spacial score (nSPS) is 19.7. The Bertz CT molecular complexity index is 410. The van der Waals surface area contributed by atoms with Crippen molar-refractivity contribution < 1.29 is 48.8 Å². The van der Waals surface area contributed by atoms with Crippen LogP contribution in [0.5, 0.6) is 0 Å². The van der Waals surface area contributed by atoms with Crippen LogP contribution in [0.3, 0.4) is 0 Å². The van der Waals surface area contributed by atoms with Crippen LogP contribution in [0.1, 0.15) is 6.42 Å². The topological polar surface area (TPSA) is 200 Å². The van der Waals surface area contributed by atoms with Gasteiger partial charge < -0.3 is 45.2 Å². The number of carbonyl (C=O) groups excluding carboxylic acids is 1. The van der Waals surface area contributed by atoms with E-state index >= 15 is 0 Å². The number of carbonyl (C=O) groups is 1. The van der Waals surface area contributed by atoms with Crippen molar-refractivity contribution in [2.24, 2.45) is 5.73 Å². The second kappa shape index (κ2) is 8.95. The number of ether oxygens (including phenoxy) is 2. The van der Waals surface area contributed by atoms with Crippen LogP contribution in [0, 0.1) is 0 Å². The molecule has 1 rings (SSSR count). The number of esters is 1. The number of cyclic esters (lactones) is 1. The number of aliphatic hydroxyl groups is 3. The van der Waals surface area contributed by atoms with Gasteiger partial charge >= 0.3 is 13.8 Å². The Balaban J connectivity index is 0.000000690. The quantitative estimate of drug-likeness (QED) is 0.154. The molecule has 124 valence electrons. The fourth-order valence-electron chi connectivity index (χ4n) is 1.22. The van der Waals surface area contributed by atoms with E-state index in [4.69, 9.17) is 34.8 Å². The molecular formula is C9H18NO10P. The summed E-state index contributed by atoms with van der Waals surface area (Å²) in [6.45, 7) is -0.00772. The van der Waals surface area contributed by atoms with E-state index in [1.807, 2.05) is 0 Å². The summed E-state index contributed by atoms with van der Waals surface area (Å²) in [5.74, 6) is -1.80. The lowest BCUT2D eigenvalue weighted by Crippen LogP contribution is -2.32. The first-order chi connectivity index (χ1) is 9.61. The van der Waals surface area contributed by atoms with Crippen molar-refractivity contribution in [2.75, 3.05) is 19.8 Å². The van der Waals surface area contributed by atoms with Crippen molar-refractivity contribution in [3.05, 3.63) is 11.5 Å². The van der Waals surface area contributed by atoms with Crippen molar-refractivity contribution in [3.8, 4) is 0 Å². The highest BCUT2D eigenvalue weighted by Crippen LogP contribution is 2.26. The van der Waals surface area contributed by atoms with Gasteiger partial charge in [0.05, 0.1) is 13.2 Å². The molecule has 0 saturated carbocycles. The summed E-state index contributed by atoms with van der Waals surface area (Å²) in [5, 5.41) is 27.4. The minimum atomic E-state index is -4.64. The maximum absolute atomic E-state index is 11.0. The maximum Gasteiger partial charge on any atom is 0.466 e. The van der Waals surface area contributed by atoms with E-state index in [9.17, 15) is 15.0 Å². The first-order valence-corrected chi connectivity index (χ1v) is 7.22. The number of nitrogens with two attached hydrogens (primary N) is 1. The second-order valence-electron chi connectivity index (χ2n) is 3.79. The highest BCUT2D eigenvalue weighted by atomic mass is 31.2. The Labute approximate surface area is 119 Å². The number of aliphatic hydroxyl groups excluding tert-OH is 3. The molecule has 0 bridgehead atoms. The lowest BCUT2D eigenvalue weighted by molar-refractivity contribution is -0.148. The smallest absolute Gasteiger partial charge is 0.466 e. The van der Waals surface area contributed by atoms with E-state index in [0.717, 1.165) is 0 Å². The molecule has 1 aliphatic rings. The molecule has 0 aromatic carbocycles. The molecule has 12 heteroatoms. The highest BCUT2D eigenvalue weighted by molar-refractivity contribution is 7.45. The molecule has 21 heavy (non-hydrogen) atoms. The van der Waals surface area contributed by atoms with Gasteiger partial charge in [0.2, 0.25) is 5.76 Å². The van der Waals surface area contributed by atoms with Gasteiger partial charge in [0.25, 0.3) is 0 Å². The van der Waals surface area contributed by atoms with Crippen LogP contribution in [0.15, 0.2) is 11.5 Å². The van der Waals surface area contributed by atoms with Crippen molar-refractivity contribution in [3.63, 3.8) is 0 Å². The molecule has 0 aromatic heterocycles. The second-order valence-corrected chi connectivity index (χ2v) is 4.82. The molecule has 0 spiro atoms. The predicted octanol–water partition coefficient (Wildman–Crippen LogP) is -2.53. The number of phosphoric acid groups is 1. The van der Waals surface area contributed by atoms with Crippen LogP contribution in [0.4, 0.5) is 0 Å². The molecule has 0 aliphatic carbocycles. The fourth-order valence-corrected chi connectivity index (χ4v) is 1.22. The molecule has 1 heterocycles. The molecule has 0 fully saturated rings. The standard InChI is InChI=1S/C9H15NO6.H3O4P/c10-2-1-3-15-8-6(13)9(14)16-7(8)5(12)4-11;1-5(2,3)4/h5,7,11-13H,1-4,10H2;(H3,1,2,3,4)/t5-,7+;/m0./s1. The third-order valence-electron chi connectivity index (χ3n) is 2.06. The van der Waals surface area contributed by atoms with E-state index in [1.54, 1.807) is 0 Å². The molecule has 0 amide bonds. The summed E-state index contributed by atoms with van der Waals surface area (Å²) in [5.41, 5.74) is 5.25. The van der Waals surface area contributed by atoms with E-state index < -0.39 is 38.4 Å². The first-order valence-electron chi connectivity index (χ1n) is 5.66. The van der Waals surface area contributed by atoms with E-state index in [-0.39, 0.29) is 12.4 Å². The zero-order valence-corrected chi connectivity index (χ0v) is 11.7. The van der Waals surface area contributed by atoms with Gasteiger partial charge in [0, 0.05) is 0 Å². The largest absolute Gasteiger partial charge is 0.499 e. The van der Waals surface area contributed by atoms with Gasteiger partial charge in [-0.1, -0.05) is 0 Å². The fraction of sp³-hybridized carbons (Fsp3) is 0.667. The van der Waals surface area contributed by atoms with Gasteiger partial charge in [0.15, 0.2) is 11.9 Å². The Kier molecular flexibility index (Phi) is 8.44. The van der Waals surface area contributed by atoms with E-state index in [0.29, 0.717) is 13.0 Å². The molecule has 0 saturated heterocycles. The summed E-state index contributed by atoms with van der Waals surface area (Å²) in [4.78, 5) is 32.6. The zero-order valence-electron chi connectivity index (χ0n) is 10.8. The van der Waals surface area contributed by atoms with E-state index in [2.05, 4.69) is 4.74 Å². The maximum atomic E-state index is 11.0.